The predicted octanol–water partition coefficient (Wildman–Crippen LogP) is 2.20. The number of piperazine rings is 1. The lowest BCUT2D eigenvalue weighted by Gasteiger charge is -2.35. The normalized spacial score (nSPS) is 15.5. The van der Waals surface area contributed by atoms with Gasteiger partial charge in [0, 0.05) is 52.0 Å². The summed E-state index contributed by atoms with van der Waals surface area (Å²) in [4.78, 5) is 32.1. The minimum absolute atomic E-state index is 0.0629. The van der Waals surface area contributed by atoms with Crippen LogP contribution in [-0.2, 0) is 11.3 Å². The third-order valence-corrected chi connectivity index (χ3v) is 5.09. The van der Waals surface area contributed by atoms with Crippen molar-refractivity contribution in [1.82, 2.24) is 24.7 Å². The van der Waals surface area contributed by atoms with Crippen molar-refractivity contribution in [3.63, 3.8) is 0 Å². The van der Waals surface area contributed by atoms with Crippen molar-refractivity contribution in [2.75, 3.05) is 26.2 Å². The average molecular weight is 369 g/mol. The summed E-state index contributed by atoms with van der Waals surface area (Å²) in [5, 5.41) is 3.18. The first-order valence-electron chi connectivity index (χ1n) is 9.38. The van der Waals surface area contributed by atoms with Crippen LogP contribution in [0.5, 0.6) is 0 Å². The summed E-state index contributed by atoms with van der Waals surface area (Å²) in [5.41, 5.74) is 1.09. The topological polar surface area (TPSA) is 70.5 Å². The lowest BCUT2D eigenvalue weighted by Crippen LogP contribution is -2.53. The number of hydrogen-bond donors (Lipinski definition) is 1. The van der Waals surface area contributed by atoms with E-state index in [1.165, 1.54) is 0 Å². The lowest BCUT2D eigenvalue weighted by atomic mass is 10.0. The van der Waals surface area contributed by atoms with Crippen molar-refractivity contribution in [2.24, 2.45) is 0 Å². The van der Waals surface area contributed by atoms with Crippen molar-refractivity contribution in [1.29, 1.82) is 0 Å². The maximum atomic E-state index is 12.8. The SMILES string of the molecule is CC(=O)N1CCN(C(=O)N[C@H](CCn2ccnc2C)c2ccccc2)CC1. The molecule has 2 aromatic rings. The van der Waals surface area contributed by atoms with Crippen LogP contribution < -0.4 is 5.32 Å². The number of nitrogens with zero attached hydrogens (tertiary/aromatic N) is 4. The van der Waals surface area contributed by atoms with Gasteiger partial charge < -0.3 is 19.7 Å². The van der Waals surface area contributed by atoms with Crippen molar-refractivity contribution < 1.29 is 9.59 Å². The van der Waals surface area contributed by atoms with Gasteiger partial charge in [-0.25, -0.2) is 9.78 Å². The molecule has 2 heterocycles. The van der Waals surface area contributed by atoms with Crippen LogP contribution >= 0.6 is 0 Å². The van der Waals surface area contributed by atoms with Gasteiger partial charge in [-0.3, -0.25) is 4.79 Å². The van der Waals surface area contributed by atoms with E-state index in [0.717, 1.165) is 24.4 Å². The first kappa shape index (κ1) is 18.9. The molecule has 0 bridgehead atoms. The molecule has 0 spiro atoms. The van der Waals surface area contributed by atoms with Crippen molar-refractivity contribution >= 4 is 11.9 Å². The molecule has 7 nitrogen and oxygen atoms in total. The van der Waals surface area contributed by atoms with Crippen LogP contribution in [0.15, 0.2) is 42.7 Å². The van der Waals surface area contributed by atoms with Crippen molar-refractivity contribution in [3.05, 3.63) is 54.1 Å². The molecule has 0 aliphatic carbocycles. The van der Waals surface area contributed by atoms with Gasteiger partial charge >= 0.3 is 6.03 Å². The molecule has 1 aliphatic rings. The van der Waals surface area contributed by atoms with Crippen LogP contribution in [0.25, 0.3) is 0 Å². The summed E-state index contributed by atoms with van der Waals surface area (Å²) in [6, 6.07) is 9.88. The molecule has 1 N–H and O–H groups in total. The van der Waals surface area contributed by atoms with E-state index in [0.29, 0.717) is 26.2 Å². The van der Waals surface area contributed by atoms with Gasteiger partial charge in [0.15, 0.2) is 0 Å². The minimum atomic E-state index is -0.0775. The Balaban J connectivity index is 1.63. The fourth-order valence-electron chi connectivity index (χ4n) is 3.38. The van der Waals surface area contributed by atoms with Crippen LogP contribution in [0, 0.1) is 6.92 Å². The Bertz CT molecular complexity index is 766. The number of aromatic nitrogens is 2. The first-order chi connectivity index (χ1) is 13.0. The van der Waals surface area contributed by atoms with E-state index in [-0.39, 0.29) is 18.0 Å². The number of nitrogens with one attached hydrogen (secondary N) is 1. The highest BCUT2D eigenvalue weighted by Crippen LogP contribution is 2.19. The molecule has 1 aromatic heterocycles. The zero-order valence-electron chi connectivity index (χ0n) is 16.0. The smallest absolute Gasteiger partial charge is 0.318 e. The molecule has 0 radical (unpaired) electrons. The van der Waals surface area contributed by atoms with Gasteiger partial charge in [0.1, 0.15) is 5.82 Å². The number of hydrogen-bond acceptors (Lipinski definition) is 3. The van der Waals surface area contributed by atoms with E-state index < -0.39 is 0 Å². The Labute approximate surface area is 160 Å². The molecule has 1 atom stereocenters. The molecular formula is C20H27N5O2. The van der Waals surface area contributed by atoms with Crippen LogP contribution in [0.4, 0.5) is 4.79 Å². The van der Waals surface area contributed by atoms with Crippen molar-refractivity contribution in [2.45, 2.75) is 32.9 Å². The van der Waals surface area contributed by atoms with E-state index in [1.54, 1.807) is 22.9 Å². The van der Waals surface area contributed by atoms with Crippen LogP contribution in [0.3, 0.4) is 0 Å². The highest BCUT2D eigenvalue weighted by molar-refractivity contribution is 5.76. The van der Waals surface area contributed by atoms with Crippen LogP contribution in [-0.4, -0.2) is 57.5 Å². The molecule has 27 heavy (non-hydrogen) atoms. The second-order valence-corrected chi connectivity index (χ2v) is 6.86. The molecule has 1 fully saturated rings. The maximum absolute atomic E-state index is 12.8. The standard InChI is InChI=1S/C20H27N5O2/c1-16-21-9-11-23(16)10-8-19(18-6-4-3-5-7-18)22-20(27)25-14-12-24(13-15-25)17(2)26/h3-7,9,11,19H,8,10,12-15H2,1-2H3,(H,22,27)/t19-/m1/s1. The Hall–Kier alpha value is -2.83. The largest absolute Gasteiger partial charge is 0.339 e. The Morgan fingerprint density at radius 3 is 2.37 bits per heavy atom. The fourth-order valence-corrected chi connectivity index (χ4v) is 3.38. The zero-order valence-corrected chi connectivity index (χ0v) is 16.0. The summed E-state index contributed by atoms with van der Waals surface area (Å²) in [5.74, 6) is 1.03. The molecule has 1 aliphatic heterocycles. The Kier molecular flexibility index (Phi) is 6.11. The third kappa shape index (κ3) is 4.87. The number of benzene rings is 1. The average Bonchev–Trinajstić information content (AvgIpc) is 3.10. The number of amides is 3. The second-order valence-electron chi connectivity index (χ2n) is 6.86. The zero-order chi connectivity index (χ0) is 19.2. The number of urea groups is 1. The molecule has 144 valence electrons. The van der Waals surface area contributed by atoms with E-state index >= 15 is 0 Å². The van der Waals surface area contributed by atoms with E-state index in [1.807, 2.05) is 43.5 Å². The third-order valence-electron chi connectivity index (χ3n) is 5.09. The Morgan fingerprint density at radius 1 is 1.11 bits per heavy atom. The predicted molar refractivity (Wildman–Crippen MR) is 103 cm³/mol. The van der Waals surface area contributed by atoms with Gasteiger partial charge in [-0.15, -0.1) is 0 Å². The number of carbonyl (C=O) groups excluding carboxylic acids is 2. The van der Waals surface area contributed by atoms with Crippen LogP contribution in [0.1, 0.15) is 30.8 Å². The van der Waals surface area contributed by atoms with Gasteiger partial charge in [-0.2, -0.15) is 0 Å². The molecule has 0 saturated carbocycles. The van der Waals surface area contributed by atoms with Gasteiger partial charge in [-0.05, 0) is 18.9 Å². The van der Waals surface area contributed by atoms with Crippen molar-refractivity contribution in [3.8, 4) is 0 Å². The monoisotopic (exact) mass is 369 g/mol. The van der Waals surface area contributed by atoms with Gasteiger partial charge in [-0.1, -0.05) is 30.3 Å². The quantitative estimate of drug-likeness (QED) is 0.878. The number of aryl methyl sites for hydroxylation is 2. The molecule has 3 amide bonds. The van der Waals surface area contributed by atoms with Gasteiger partial charge in [0.25, 0.3) is 0 Å². The molecular weight excluding hydrogens is 342 g/mol. The summed E-state index contributed by atoms with van der Waals surface area (Å²) < 4.78 is 2.09. The second kappa shape index (κ2) is 8.70. The van der Waals surface area contributed by atoms with E-state index in [4.69, 9.17) is 0 Å². The first-order valence-corrected chi connectivity index (χ1v) is 9.38. The Morgan fingerprint density at radius 2 is 1.78 bits per heavy atom. The summed E-state index contributed by atoms with van der Waals surface area (Å²) >= 11 is 0. The number of carbonyl (C=O) groups is 2. The van der Waals surface area contributed by atoms with E-state index in [9.17, 15) is 9.59 Å². The highest BCUT2D eigenvalue weighted by Gasteiger charge is 2.24. The van der Waals surface area contributed by atoms with Crippen LogP contribution in [0.2, 0.25) is 0 Å². The number of rotatable bonds is 5. The molecule has 1 aromatic carbocycles. The maximum Gasteiger partial charge on any atom is 0.318 e. The summed E-state index contributed by atoms with van der Waals surface area (Å²) in [7, 11) is 0. The highest BCUT2D eigenvalue weighted by atomic mass is 16.2. The van der Waals surface area contributed by atoms with Gasteiger partial charge in [0.2, 0.25) is 5.91 Å². The molecule has 7 heteroatoms. The van der Waals surface area contributed by atoms with Gasteiger partial charge in [0.05, 0.1) is 6.04 Å². The fraction of sp³-hybridized carbons (Fsp3) is 0.450. The lowest BCUT2D eigenvalue weighted by molar-refractivity contribution is -0.130. The minimum Gasteiger partial charge on any atom is -0.339 e. The molecule has 0 unspecified atom stereocenters. The molecule has 3 rings (SSSR count). The summed E-state index contributed by atoms with van der Waals surface area (Å²) in [6.07, 6.45) is 4.53. The summed E-state index contributed by atoms with van der Waals surface area (Å²) in [6.45, 7) is 6.63. The molecule has 1 saturated heterocycles. The van der Waals surface area contributed by atoms with E-state index in [2.05, 4.69) is 14.9 Å². The number of imidazole rings is 1.